The van der Waals surface area contributed by atoms with E-state index in [0.29, 0.717) is 31.6 Å². The van der Waals surface area contributed by atoms with Crippen molar-refractivity contribution in [3.63, 3.8) is 0 Å². The summed E-state index contributed by atoms with van der Waals surface area (Å²) in [7, 11) is -3.53. The van der Waals surface area contributed by atoms with E-state index in [1.807, 2.05) is 29.2 Å². The number of nitro benzene ring substituents is 1. The van der Waals surface area contributed by atoms with Gasteiger partial charge < -0.3 is 4.90 Å². The van der Waals surface area contributed by atoms with E-state index in [-0.39, 0.29) is 12.2 Å². The van der Waals surface area contributed by atoms with Gasteiger partial charge in [-0.05, 0) is 37.0 Å². The Morgan fingerprint density at radius 2 is 1.70 bits per heavy atom. The maximum absolute atomic E-state index is 13.3. The van der Waals surface area contributed by atoms with Crippen molar-refractivity contribution in [3.8, 4) is 0 Å². The van der Waals surface area contributed by atoms with E-state index in [1.54, 1.807) is 18.2 Å². The number of hydrogen-bond donors (Lipinski definition) is 0. The van der Waals surface area contributed by atoms with Crippen LogP contribution in [0.1, 0.15) is 18.4 Å². The summed E-state index contributed by atoms with van der Waals surface area (Å²) in [5.74, 6) is 0. The Morgan fingerprint density at radius 3 is 2.48 bits per heavy atom. The average Bonchev–Trinajstić information content (AvgIpc) is 3.13. The monoisotopic (exact) mass is 387 g/mol. The highest BCUT2D eigenvalue weighted by Crippen LogP contribution is 2.35. The van der Waals surface area contributed by atoms with Gasteiger partial charge in [-0.15, -0.1) is 0 Å². The standard InChI is InChI=1S/C19H21N3O4S/c23-22(24)19-10-4-3-9-18(19)20-12-5-7-16(14-20)27(25,26)21-13-11-15-6-1-2-8-17(15)21/h1-4,6,8-10,16H,5,7,11-14H2. The number of anilines is 2. The topological polar surface area (TPSA) is 83.8 Å². The zero-order chi connectivity index (χ0) is 19.0. The van der Waals surface area contributed by atoms with Gasteiger partial charge in [-0.3, -0.25) is 14.4 Å². The second kappa shape index (κ2) is 6.84. The first-order valence-electron chi connectivity index (χ1n) is 9.06. The summed E-state index contributed by atoms with van der Waals surface area (Å²) in [6.45, 7) is 1.35. The van der Waals surface area contributed by atoms with E-state index in [1.165, 1.54) is 10.4 Å². The summed E-state index contributed by atoms with van der Waals surface area (Å²) in [6, 6.07) is 14.1. The van der Waals surface area contributed by atoms with Crippen molar-refractivity contribution in [1.82, 2.24) is 0 Å². The molecule has 0 amide bonds. The number of sulfonamides is 1. The van der Waals surface area contributed by atoms with Gasteiger partial charge >= 0.3 is 0 Å². The summed E-state index contributed by atoms with van der Waals surface area (Å²) in [5, 5.41) is 10.8. The molecule has 2 aliphatic rings. The third-order valence-corrected chi connectivity index (χ3v) is 7.59. The molecule has 2 aromatic rings. The lowest BCUT2D eigenvalue weighted by atomic mass is 10.1. The molecule has 0 saturated carbocycles. The molecule has 2 aliphatic heterocycles. The maximum atomic E-state index is 13.3. The van der Waals surface area contributed by atoms with Gasteiger partial charge in [-0.2, -0.15) is 0 Å². The highest BCUT2D eigenvalue weighted by Gasteiger charge is 2.39. The van der Waals surface area contributed by atoms with Crippen LogP contribution in [0, 0.1) is 10.1 Å². The van der Waals surface area contributed by atoms with Crippen LogP contribution < -0.4 is 9.21 Å². The second-order valence-electron chi connectivity index (χ2n) is 6.95. The molecule has 2 heterocycles. The number of nitrogens with zero attached hydrogens (tertiary/aromatic N) is 3. The van der Waals surface area contributed by atoms with Crippen LogP contribution in [0.3, 0.4) is 0 Å². The normalized spacial score (nSPS) is 19.8. The Hall–Kier alpha value is -2.61. The van der Waals surface area contributed by atoms with Gasteiger partial charge in [0, 0.05) is 25.7 Å². The minimum Gasteiger partial charge on any atom is -0.365 e. The van der Waals surface area contributed by atoms with Gasteiger partial charge in [0.1, 0.15) is 5.69 Å². The predicted octanol–water partition coefficient (Wildman–Crippen LogP) is 2.96. The zero-order valence-corrected chi connectivity index (χ0v) is 15.6. The molecular formula is C19H21N3O4S. The molecule has 1 saturated heterocycles. The van der Waals surface area contributed by atoms with Crippen molar-refractivity contribution in [2.45, 2.75) is 24.5 Å². The first-order chi connectivity index (χ1) is 13.0. The van der Waals surface area contributed by atoms with Crippen LogP contribution in [0.2, 0.25) is 0 Å². The Kier molecular flexibility index (Phi) is 4.51. The van der Waals surface area contributed by atoms with Crippen LogP contribution in [-0.4, -0.2) is 38.2 Å². The Labute approximate surface area is 158 Å². The number of rotatable bonds is 4. The molecule has 0 radical (unpaired) electrons. The number of nitro groups is 1. The van der Waals surface area contributed by atoms with Crippen LogP contribution in [0.5, 0.6) is 0 Å². The van der Waals surface area contributed by atoms with E-state index in [4.69, 9.17) is 0 Å². The molecule has 4 rings (SSSR count). The van der Waals surface area contributed by atoms with Crippen LogP contribution >= 0.6 is 0 Å². The number of hydrogen-bond acceptors (Lipinski definition) is 5. The molecule has 1 fully saturated rings. The van der Waals surface area contributed by atoms with Crippen LogP contribution in [0.25, 0.3) is 0 Å². The van der Waals surface area contributed by atoms with E-state index in [9.17, 15) is 18.5 Å². The molecule has 2 aromatic carbocycles. The van der Waals surface area contributed by atoms with Crippen molar-refractivity contribution in [2.75, 3.05) is 28.8 Å². The van der Waals surface area contributed by atoms with Gasteiger partial charge in [-0.1, -0.05) is 30.3 Å². The van der Waals surface area contributed by atoms with Gasteiger partial charge in [0.25, 0.3) is 5.69 Å². The second-order valence-corrected chi connectivity index (χ2v) is 9.09. The molecule has 27 heavy (non-hydrogen) atoms. The van der Waals surface area contributed by atoms with Crippen molar-refractivity contribution in [1.29, 1.82) is 0 Å². The lowest BCUT2D eigenvalue weighted by molar-refractivity contribution is -0.384. The van der Waals surface area contributed by atoms with E-state index in [0.717, 1.165) is 17.7 Å². The zero-order valence-electron chi connectivity index (χ0n) is 14.8. The van der Waals surface area contributed by atoms with E-state index < -0.39 is 20.2 Å². The summed E-state index contributed by atoms with van der Waals surface area (Å²) < 4.78 is 28.1. The molecule has 0 N–H and O–H groups in total. The van der Waals surface area contributed by atoms with Crippen molar-refractivity contribution >= 4 is 27.1 Å². The number of para-hydroxylation sites is 3. The number of piperidine rings is 1. The minimum absolute atomic E-state index is 0.0158. The first-order valence-corrected chi connectivity index (χ1v) is 10.6. The smallest absolute Gasteiger partial charge is 0.292 e. The lowest BCUT2D eigenvalue weighted by Gasteiger charge is -2.36. The SMILES string of the molecule is O=[N+]([O-])c1ccccc1N1CCCC(S(=O)(=O)N2CCc3ccccc32)C1. The molecule has 0 bridgehead atoms. The molecule has 8 heteroatoms. The Balaban J connectivity index is 1.61. The fourth-order valence-electron chi connectivity index (χ4n) is 4.04. The van der Waals surface area contributed by atoms with Crippen molar-refractivity contribution in [2.24, 2.45) is 0 Å². The van der Waals surface area contributed by atoms with Crippen LogP contribution in [0.15, 0.2) is 48.5 Å². The van der Waals surface area contributed by atoms with Gasteiger partial charge in [0.05, 0.1) is 15.9 Å². The van der Waals surface area contributed by atoms with Gasteiger partial charge in [-0.25, -0.2) is 8.42 Å². The highest BCUT2D eigenvalue weighted by molar-refractivity contribution is 7.93. The lowest BCUT2D eigenvalue weighted by Crippen LogP contribution is -2.47. The summed E-state index contributed by atoms with van der Waals surface area (Å²) in [6.07, 6.45) is 1.97. The van der Waals surface area contributed by atoms with Crippen molar-refractivity contribution < 1.29 is 13.3 Å². The largest absolute Gasteiger partial charge is 0.365 e. The number of benzene rings is 2. The maximum Gasteiger partial charge on any atom is 0.292 e. The molecule has 142 valence electrons. The molecule has 0 spiro atoms. The van der Waals surface area contributed by atoms with E-state index >= 15 is 0 Å². The third-order valence-electron chi connectivity index (χ3n) is 5.37. The molecule has 1 unspecified atom stereocenters. The van der Waals surface area contributed by atoms with Crippen LogP contribution in [-0.2, 0) is 16.4 Å². The minimum atomic E-state index is -3.53. The first kappa shape index (κ1) is 17.8. The Morgan fingerprint density at radius 1 is 1.00 bits per heavy atom. The fraction of sp³-hybridized carbons (Fsp3) is 0.368. The summed E-state index contributed by atoms with van der Waals surface area (Å²) in [5.41, 5.74) is 2.32. The fourth-order valence-corrected chi connectivity index (χ4v) is 6.03. The summed E-state index contributed by atoms with van der Waals surface area (Å²) in [4.78, 5) is 12.8. The van der Waals surface area contributed by atoms with Gasteiger partial charge in [0.15, 0.2) is 0 Å². The molecular weight excluding hydrogens is 366 g/mol. The van der Waals surface area contributed by atoms with E-state index in [2.05, 4.69) is 0 Å². The molecule has 0 aliphatic carbocycles. The predicted molar refractivity (Wildman–Crippen MR) is 105 cm³/mol. The average molecular weight is 387 g/mol. The number of fused-ring (bicyclic) bond motifs is 1. The molecule has 7 nitrogen and oxygen atoms in total. The Bertz CT molecular complexity index is 976. The van der Waals surface area contributed by atoms with Crippen LogP contribution in [0.4, 0.5) is 17.1 Å². The highest BCUT2D eigenvalue weighted by atomic mass is 32.2. The van der Waals surface area contributed by atoms with Crippen molar-refractivity contribution in [3.05, 3.63) is 64.2 Å². The third kappa shape index (κ3) is 3.14. The van der Waals surface area contributed by atoms with Gasteiger partial charge in [0.2, 0.25) is 10.0 Å². The molecule has 1 atom stereocenters. The molecule has 0 aromatic heterocycles. The quantitative estimate of drug-likeness (QED) is 0.595. The summed E-state index contributed by atoms with van der Waals surface area (Å²) >= 11 is 0.